The lowest BCUT2D eigenvalue weighted by Gasteiger charge is -2.11. The summed E-state index contributed by atoms with van der Waals surface area (Å²) in [5, 5.41) is 20.8. The lowest BCUT2D eigenvalue weighted by molar-refractivity contribution is -0.426. The maximum Gasteiger partial charge on any atom is 0.249 e. The zero-order valence-electron chi connectivity index (χ0n) is 9.56. The molecule has 1 N–H and O–H groups in total. The third kappa shape index (κ3) is 2.70. The first-order valence-electron chi connectivity index (χ1n) is 5.48. The lowest BCUT2D eigenvalue weighted by Crippen LogP contribution is -1.99. The molecule has 1 aromatic rings. The molecule has 1 heterocycles. The van der Waals surface area contributed by atoms with Gasteiger partial charge in [-0.3, -0.25) is 15.1 Å². The van der Waals surface area contributed by atoms with Crippen LogP contribution in [0.1, 0.15) is 18.1 Å². The number of nitro groups is 1. The third-order valence-corrected chi connectivity index (χ3v) is 2.68. The molecule has 2 rings (SSSR count). The summed E-state index contributed by atoms with van der Waals surface area (Å²) >= 11 is 0. The first kappa shape index (κ1) is 12.2. The summed E-state index contributed by atoms with van der Waals surface area (Å²) in [5.74, 6) is 0. The van der Waals surface area contributed by atoms with Gasteiger partial charge in [-0.1, -0.05) is 12.2 Å². The van der Waals surface area contributed by atoms with E-state index >= 15 is 0 Å². The van der Waals surface area contributed by atoms with Gasteiger partial charge in [0.25, 0.3) is 0 Å². The Morgan fingerprint density at radius 2 is 2.06 bits per heavy atom. The maximum atomic E-state index is 10.7. The van der Waals surface area contributed by atoms with Crippen molar-refractivity contribution in [3.63, 3.8) is 0 Å². The van der Waals surface area contributed by atoms with Crippen LogP contribution in [-0.2, 0) is 0 Å². The molecule has 0 spiro atoms. The first-order valence-corrected chi connectivity index (χ1v) is 5.48. The van der Waals surface area contributed by atoms with Crippen LogP contribution < -0.4 is 0 Å². The van der Waals surface area contributed by atoms with Crippen molar-refractivity contribution in [2.24, 2.45) is 0 Å². The van der Waals surface area contributed by atoms with E-state index in [2.05, 4.69) is 4.98 Å². The quantitative estimate of drug-likeness (QED) is 0.653. The van der Waals surface area contributed by atoms with Crippen LogP contribution in [0.2, 0.25) is 0 Å². The summed E-state index contributed by atoms with van der Waals surface area (Å²) in [6, 6.07) is 3.42. The average Bonchev–Trinajstić information content (AvgIpc) is 2.64. The molecule has 0 saturated carbocycles. The largest absolute Gasteiger partial charge is 0.384 e. The van der Waals surface area contributed by atoms with E-state index in [1.54, 1.807) is 42.8 Å². The van der Waals surface area contributed by atoms with Crippen LogP contribution in [-0.4, -0.2) is 15.0 Å². The van der Waals surface area contributed by atoms with E-state index in [-0.39, 0.29) is 12.1 Å². The first-order chi connectivity index (χ1) is 8.68. The van der Waals surface area contributed by atoms with Crippen molar-refractivity contribution >= 4 is 0 Å². The monoisotopic (exact) mass is 244 g/mol. The smallest absolute Gasteiger partial charge is 0.249 e. The molecule has 1 atom stereocenters. The van der Waals surface area contributed by atoms with Crippen LogP contribution >= 0.6 is 0 Å². The van der Waals surface area contributed by atoms with E-state index in [1.165, 1.54) is 6.08 Å². The van der Waals surface area contributed by atoms with Gasteiger partial charge in [0.05, 0.1) is 11.3 Å². The number of hydrogen-bond donors (Lipinski definition) is 1. The minimum atomic E-state index is -0.799. The Morgan fingerprint density at radius 3 is 2.72 bits per heavy atom. The Labute approximate surface area is 104 Å². The van der Waals surface area contributed by atoms with Gasteiger partial charge < -0.3 is 5.11 Å². The van der Waals surface area contributed by atoms with Gasteiger partial charge in [-0.25, -0.2) is 0 Å². The molecule has 0 saturated heterocycles. The van der Waals surface area contributed by atoms with Crippen molar-refractivity contribution in [1.29, 1.82) is 0 Å². The van der Waals surface area contributed by atoms with Gasteiger partial charge in [-0.05, 0) is 29.3 Å². The Bertz CT molecular complexity index is 532. The molecular formula is C13H12N2O3. The molecule has 1 aromatic heterocycles. The number of nitrogens with zero attached hydrogens (tertiary/aromatic N) is 2. The Kier molecular flexibility index (Phi) is 3.64. The lowest BCUT2D eigenvalue weighted by atomic mass is 10.0. The fourth-order valence-corrected chi connectivity index (χ4v) is 1.69. The van der Waals surface area contributed by atoms with Gasteiger partial charge in [0.2, 0.25) is 5.70 Å². The zero-order valence-corrected chi connectivity index (χ0v) is 9.56. The van der Waals surface area contributed by atoms with Gasteiger partial charge in [-0.2, -0.15) is 0 Å². The van der Waals surface area contributed by atoms with E-state index in [0.717, 1.165) is 0 Å². The number of aromatic nitrogens is 1. The predicted molar refractivity (Wildman–Crippen MR) is 66.1 cm³/mol. The molecule has 5 heteroatoms. The van der Waals surface area contributed by atoms with Crippen molar-refractivity contribution in [3.8, 4) is 0 Å². The number of allylic oxidation sites excluding steroid dienone is 3. The van der Waals surface area contributed by atoms with E-state index in [1.807, 2.05) is 0 Å². The van der Waals surface area contributed by atoms with Gasteiger partial charge in [0.15, 0.2) is 0 Å². The Balaban J connectivity index is 2.26. The highest BCUT2D eigenvalue weighted by molar-refractivity contribution is 5.36. The summed E-state index contributed by atoms with van der Waals surface area (Å²) in [6.45, 7) is 0. The van der Waals surface area contributed by atoms with E-state index in [9.17, 15) is 15.2 Å². The zero-order chi connectivity index (χ0) is 13.0. The molecule has 0 radical (unpaired) electrons. The van der Waals surface area contributed by atoms with Crippen molar-refractivity contribution in [2.75, 3.05) is 0 Å². The van der Waals surface area contributed by atoms with Crippen molar-refractivity contribution in [1.82, 2.24) is 4.98 Å². The second-order valence-electron chi connectivity index (χ2n) is 3.87. The SMILES string of the molecule is O=[N+]([O-])C1=CC=C(C(O)c2ccncc2)C=CC1. The van der Waals surface area contributed by atoms with Crippen LogP contribution in [0.5, 0.6) is 0 Å². The number of pyridine rings is 1. The molecule has 18 heavy (non-hydrogen) atoms. The van der Waals surface area contributed by atoms with Crippen LogP contribution in [0, 0.1) is 10.1 Å². The van der Waals surface area contributed by atoms with Crippen molar-refractivity contribution in [2.45, 2.75) is 12.5 Å². The third-order valence-electron chi connectivity index (χ3n) is 2.68. The van der Waals surface area contributed by atoms with Gasteiger partial charge in [0, 0.05) is 18.5 Å². The van der Waals surface area contributed by atoms with E-state index in [0.29, 0.717) is 11.1 Å². The number of hydrogen-bond acceptors (Lipinski definition) is 4. The standard InChI is InChI=1S/C13H12N2O3/c16-13(11-6-8-14-9-7-11)10-2-1-3-12(5-4-10)15(17)18/h1-2,4-9,13,16H,3H2. The second kappa shape index (κ2) is 5.37. The molecule has 92 valence electrons. The fraction of sp³-hybridized carbons (Fsp3) is 0.154. The van der Waals surface area contributed by atoms with Crippen LogP contribution in [0.25, 0.3) is 0 Å². The summed E-state index contributed by atoms with van der Waals surface area (Å²) in [4.78, 5) is 14.1. The molecular weight excluding hydrogens is 232 g/mol. The normalized spacial score (nSPS) is 16.5. The van der Waals surface area contributed by atoms with E-state index in [4.69, 9.17) is 0 Å². The number of aliphatic hydroxyl groups excluding tert-OH is 1. The second-order valence-corrected chi connectivity index (χ2v) is 3.87. The summed E-state index contributed by atoms with van der Waals surface area (Å²) in [6.07, 6.45) is 9.04. The minimum absolute atomic E-state index is 0.114. The van der Waals surface area contributed by atoms with Crippen molar-refractivity contribution < 1.29 is 10.0 Å². The molecule has 0 aromatic carbocycles. The average molecular weight is 244 g/mol. The highest BCUT2D eigenvalue weighted by Gasteiger charge is 2.14. The highest BCUT2D eigenvalue weighted by Crippen LogP contribution is 2.24. The van der Waals surface area contributed by atoms with Gasteiger partial charge in [0.1, 0.15) is 6.10 Å². The Morgan fingerprint density at radius 1 is 1.33 bits per heavy atom. The summed E-state index contributed by atoms with van der Waals surface area (Å²) in [7, 11) is 0. The van der Waals surface area contributed by atoms with E-state index < -0.39 is 11.0 Å². The number of aliphatic hydroxyl groups is 1. The molecule has 1 unspecified atom stereocenters. The summed E-state index contributed by atoms with van der Waals surface area (Å²) < 4.78 is 0. The molecule has 0 fully saturated rings. The summed E-state index contributed by atoms with van der Waals surface area (Å²) in [5.41, 5.74) is 1.44. The molecule has 1 aliphatic carbocycles. The highest BCUT2D eigenvalue weighted by atomic mass is 16.6. The van der Waals surface area contributed by atoms with Gasteiger partial charge >= 0.3 is 0 Å². The molecule has 0 aliphatic heterocycles. The maximum absolute atomic E-state index is 10.7. The number of rotatable bonds is 3. The minimum Gasteiger partial charge on any atom is -0.384 e. The molecule has 5 nitrogen and oxygen atoms in total. The van der Waals surface area contributed by atoms with Gasteiger partial charge in [-0.15, -0.1) is 0 Å². The van der Waals surface area contributed by atoms with Crippen molar-refractivity contribution in [3.05, 3.63) is 75.8 Å². The predicted octanol–water partition coefficient (Wildman–Crippen LogP) is 2.16. The van der Waals surface area contributed by atoms with Crippen LogP contribution in [0.4, 0.5) is 0 Å². The molecule has 0 amide bonds. The van der Waals surface area contributed by atoms with Crippen LogP contribution in [0.15, 0.2) is 60.1 Å². The fourth-order valence-electron chi connectivity index (χ4n) is 1.69. The Hall–Kier alpha value is -2.27. The molecule has 1 aliphatic rings. The molecule has 0 bridgehead atoms. The van der Waals surface area contributed by atoms with Crippen LogP contribution in [0.3, 0.4) is 0 Å². The topological polar surface area (TPSA) is 76.3 Å².